The molecular formula is C6H8Cl2. The molecule has 0 aromatic rings. The zero-order chi connectivity index (χ0) is 6.57. The van der Waals surface area contributed by atoms with E-state index in [0.717, 1.165) is 10.1 Å². The smallest absolute Gasteiger partial charge is 0.0150 e. The van der Waals surface area contributed by atoms with Crippen molar-refractivity contribution in [3.8, 4) is 0 Å². The summed E-state index contributed by atoms with van der Waals surface area (Å²) in [5.41, 5.74) is 0. The Morgan fingerprint density at radius 1 is 1.00 bits per heavy atom. The molecule has 0 nitrogen and oxygen atoms in total. The minimum atomic E-state index is 0.741. The van der Waals surface area contributed by atoms with Crippen LogP contribution >= 0.6 is 23.2 Å². The lowest BCUT2D eigenvalue weighted by atomic mass is 10.4. The molecule has 0 heterocycles. The van der Waals surface area contributed by atoms with Crippen LogP contribution in [0.3, 0.4) is 0 Å². The van der Waals surface area contributed by atoms with Crippen molar-refractivity contribution in [2.75, 3.05) is 0 Å². The van der Waals surface area contributed by atoms with Crippen LogP contribution in [0, 0.1) is 0 Å². The minimum absolute atomic E-state index is 0.741. The number of halogens is 2. The summed E-state index contributed by atoms with van der Waals surface area (Å²) in [4.78, 5) is 0. The first kappa shape index (κ1) is 8.06. The van der Waals surface area contributed by atoms with Gasteiger partial charge in [0, 0.05) is 10.1 Å². The third kappa shape index (κ3) is 6.06. The van der Waals surface area contributed by atoms with E-state index in [2.05, 4.69) is 0 Å². The Bertz CT molecular complexity index is 98.5. The Balaban J connectivity index is 3.76. The summed E-state index contributed by atoms with van der Waals surface area (Å²) in [6.07, 6.45) is 3.51. The summed E-state index contributed by atoms with van der Waals surface area (Å²) in [5.74, 6) is 0. The molecule has 0 rings (SSSR count). The van der Waals surface area contributed by atoms with E-state index < -0.39 is 0 Å². The Kier molecular flexibility index (Phi) is 4.02. The van der Waals surface area contributed by atoms with Gasteiger partial charge in [-0.2, -0.15) is 0 Å². The predicted octanol–water partition coefficient (Wildman–Crippen LogP) is 3.27. The normalized spacial score (nSPS) is 14.5. The zero-order valence-corrected chi connectivity index (χ0v) is 6.42. The van der Waals surface area contributed by atoms with Crippen LogP contribution in [0.1, 0.15) is 13.8 Å². The van der Waals surface area contributed by atoms with E-state index in [1.165, 1.54) is 0 Å². The van der Waals surface area contributed by atoms with Crippen molar-refractivity contribution in [1.82, 2.24) is 0 Å². The molecule has 2 heteroatoms. The van der Waals surface area contributed by atoms with Crippen molar-refractivity contribution in [1.29, 1.82) is 0 Å². The summed E-state index contributed by atoms with van der Waals surface area (Å²) in [6.45, 7) is 3.61. The third-order valence-electron chi connectivity index (χ3n) is 0.543. The van der Waals surface area contributed by atoms with Gasteiger partial charge < -0.3 is 0 Å². The molecule has 0 saturated carbocycles. The predicted molar refractivity (Wildman–Crippen MR) is 39.2 cm³/mol. The molecule has 0 bridgehead atoms. The van der Waals surface area contributed by atoms with Crippen molar-refractivity contribution < 1.29 is 0 Å². The molecule has 0 aromatic heterocycles. The van der Waals surface area contributed by atoms with E-state index in [1.807, 2.05) is 0 Å². The number of hydrogen-bond acceptors (Lipinski definition) is 0. The Hall–Kier alpha value is 0.0600. The summed E-state index contributed by atoms with van der Waals surface area (Å²) in [7, 11) is 0. The van der Waals surface area contributed by atoms with Crippen molar-refractivity contribution in [3.05, 3.63) is 22.2 Å². The van der Waals surface area contributed by atoms with Crippen molar-refractivity contribution in [2.45, 2.75) is 13.8 Å². The largest absolute Gasteiger partial charge is 0.0895 e. The van der Waals surface area contributed by atoms with Gasteiger partial charge >= 0.3 is 0 Å². The summed E-state index contributed by atoms with van der Waals surface area (Å²) in [6, 6.07) is 0. The molecule has 0 unspecified atom stereocenters. The summed E-state index contributed by atoms with van der Waals surface area (Å²) < 4.78 is 0. The second-order valence-electron chi connectivity index (χ2n) is 1.51. The van der Waals surface area contributed by atoms with Crippen LogP contribution < -0.4 is 0 Å². The van der Waals surface area contributed by atoms with Crippen molar-refractivity contribution >= 4 is 23.2 Å². The maximum atomic E-state index is 5.48. The van der Waals surface area contributed by atoms with Gasteiger partial charge in [-0.1, -0.05) is 23.2 Å². The number of rotatable bonds is 1. The Labute approximate surface area is 59.8 Å². The van der Waals surface area contributed by atoms with Crippen LogP contribution in [0.25, 0.3) is 0 Å². The maximum Gasteiger partial charge on any atom is 0.0150 e. The summed E-state index contributed by atoms with van der Waals surface area (Å²) >= 11 is 11.0. The average molecular weight is 151 g/mol. The lowest BCUT2D eigenvalue weighted by molar-refractivity contribution is 1.61. The monoisotopic (exact) mass is 150 g/mol. The van der Waals surface area contributed by atoms with Gasteiger partial charge in [0.05, 0.1) is 0 Å². The molecule has 0 saturated heterocycles. The fourth-order valence-corrected chi connectivity index (χ4v) is 0.356. The molecule has 0 aliphatic rings. The number of allylic oxidation sites excluding steroid dienone is 4. The van der Waals surface area contributed by atoms with Gasteiger partial charge in [0.15, 0.2) is 0 Å². The van der Waals surface area contributed by atoms with E-state index in [-0.39, 0.29) is 0 Å². The summed E-state index contributed by atoms with van der Waals surface area (Å²) in [5, 5.41) is 1.48. The molecule has 0 spiro atoms. The van der Waals surface area contributed by atoms with Crippen LogP contribution in [-0.2, 0) is 0 Å². The molecule has 0 aliphatic heterocycles. The average Bonchev–Trinajstić information content (AvgIpc) is 1.61. The second kappa shape index (κ2) is 3.99. The molecule has 46 valence electrons. The highest BCUT2D eigenvalue weighted by Crippen LogP contribution is 2.02. The highest BCUT2D eigenvalue weighted by atomic mass is 35.5. The van der Waals surface area contributed by atoms with Gasteiger partial charge in [-0.05, 0) is 26.0 Å². The molecule has 0 aromatic carbocycles. The van der Waals surface area contributed by atoms with Crippen LogP contribution in [0.4, 0.5) is 0 Å². The van der Waals surface area contributed by atoms with Crippen molar-refractivity contribution in [2.24, 2.45) is 0 Å². The topological polar surface area (TPSA) is 0 Å². The van der Waals surface area contributed by atoms with Gasteiger partial charge in [0.2, 0.25) is 0 Å². The van der Waals surface area contributed by atoms with Gasteiger partial charge in [-0.25, -0.2) is 0 Å². The van der Waals surface area contributed by atoms with E-state index in [1.54, 1.807) is 26.0 Å². The molecule has 0 fully saturated rings. The molecule has 0 atom stereocenters. The van der Waals surface area contributed by atoms with Crippen LogP contribution in [0.2, 0.25) is 0 Å². The Morgan fingerprint density at radius 3 is 1.38 bits per heavy atom. The SMILES string of the molecule is C/C(Cl)=C\C=C(/C)Cl. The molecule has 0 radical (unpaired) electrons. The van der Waals surface area contributed by atoms with E-state index in [9.17, 15) is 0 Å². The first-order valence-corrected chi connectivity index (χ1v) is 3.04. The van der Waals surface area contributed by atoms with Crippen LogP contribution in [0.5, 0.6) is 0 Å². The van der Waals surface area contributed by atoms with E-state index in [0.29, 0.717) is 0 Å². The molecule has 0 N–H and O–H groups in total. The standard InChI is InChI=1S/C6H8Cl2/c1-5(7)3-4-6(2)8/h3-4H,1-2H3/b5-3+,6-4+. The van der Waals surface area contributed by atoms with Gasteiger partial charge in [-0.3, -0.25) is 0 Å². The zero-order valence-electron chi connectivity index (χ0n) is 4.91. The Morgan fingerprint density at radius 2 is 1.25 bits per heavy atom. The lowest BCUT2D eigenvalue weighted by Crippen LogP contribution is -1.57. The molecule has 0 amide bonds. The lowest BCUT2D eigenvalue weighted by Gasteiger charge is -1.80. The van der Waals surface area contributed by atoms with Crippen LogP contribution in [-0.4, -0.2) is 0 Å². The van der Waals surface area contributed by atoms with Gasteiger partial charge in [-0.15, -0.1) is 0 Å². The first-order valence-electron chi connectivity index (χ1n) is 2.29. The van der Waals surface area contributed by atoms with E-state index in [4.69, 9.17) is 23.2 Å². The quantitative estimate of drug-likeness (QED) is 0.504. The van der Waals surface area contributed by atoms with Crippen molar-refractivity contribution in [3.63, 3.8) is 0 Å². The molecule has 8 heavy (non-hydrogen) atoms. The number of hydrogen-bond donors (Lipinski definition) is 0. The first-order chi connectivity index (χ1) is 3.63. The highest BCUT2D eigenvalue weighted by Gasteiger charge is 1.75. The second-order valence-corrected chi connectivity index (χ2v) is 2.70. The van der Waals surface area contributed by atoms with Gasteiger partial charge in [0.25, 0.3) is 0 Å². The third-order valence-corrected chi connectivity index (χ3v) is 0.795. The molecular weight excluding hydrogens is 143 g/mol. The van der Waals surface area contributed by atoms with E-state index >= 15 is 0 Å². The maximum absolute atomic E-state index is 5.48. The van der Waals surface area contributed by atoms with Gasteiger partial charge in [0.1, 0.15) is 0 Å². The fraction of sp³-hybridized carbons (Fsp3) is 0.333. The highest BCUT2D eigenvalue weighted by molar-refractivity contribution is 6.30. The van der Waals surface area contributed by atoms with Crippen LogP contribution in [0.15, 0.2) is 22.2 Å². The molecule has 0 aliphatic carbocycles. The fourth-order valence-electron chi connectivity index (χ4n) is 0.230. The minimum Gasteiger partial charge on any atom is -0.0895 e.